The molecule has 2 aromatic rings. The SMILES string of the molecule is CCNCc1c(C)nn(-c2ccccc2)c1SC(C)CO. The maximum absolute atomic E-state index is 9.37. The quantitative estimate of drug-likeness (QED) is 0.772. The van der Waals surface area contributed by atoms with Gasteiger partial charge in [0.05, 0.1) is 18.0 Å². The highest BCUT2D eigenvalue weighted by Gasteiger charge is 2.18. The lowest BCUT2D eigenvalue weighted by atomic mass is 10.2. The summed E-state index contributed by atoms with van der Waals surface area (Å²) in [5, 5.41) is 18.7. The second-order valence-corrected chi connectivity index (χ2v) is 6.43. The Bertz CT molecular complexity index is 568. The number of nitrogens with zero attached hydrogens (tertiary/aromatic N) is 2. The summed E-state index contributed by atoms with van der Waals surface area (Å²) in [6.07, 6.45) is 0. The molecule has 5 heteroatoms. The molecule has 1 unspecified atom stereocenters. The normalized spacial score (nSPS) is 12.6. The summed E-state index contributed by atoms with van der Waals surface area (Å²) in [6, 6.07) is 10.1. The highest BCUT2D eigenvalue weighted by molar-refractivity contribution is 7.99. The van der Waals surface area contributed by atoms with Gasteiger partial charge >= 0.3 is 0 Å². The Labute approximate surface area is 130 Å². The van der Waals surface area contributed by atoms with E-state index in [-0.39, 0.29) is 11.9 Å². The fourth-order valence-electron chi connectivity index (χ4n) is 2.08. The van der Waals surface area contributed by atoms with Crippen molar-refractivity contribution in [1.82, 2.24) is 15.1 Å². The number of thioether (sulfide) groups is 1. The lowest BCUT2D eigenvalue weighted by molar-refractivity contribution is 0.300. The first kappa shape index (κ1) is 16.1. The van der Waals surface area contributed by atoms with E-state index in [1.165, 1.54) is 5.56 Å². The molecule has 0 saturated carbocycles. The molecule has 1 heterocycles. The molecule has 4 nitrogen and oxygen atoms in total. The van der Waals surface area contributed by atoms with Crippen molar-refractivity contribution < 1.29 is 5.11 Å². The summed E-state index contributed by atoms with van der Waals surface area (Å²) in [5.74, 6) is 0. The third-order valence-corrected chi connectivity index (χ3v) is 4.45. The molecule has 0 saturated heterocycles. The molecule has 1 aromatic carbocycles. The standard InChI is InChI=1S/C16H23N3OS/c1-4-17-10-15-13(3)18-19(14-8-6-5-7-9-14)16(15)21-12(2)11-20/h5-9,12,17,20H,4,10-11H2,1-3H3. The van der Waals surface area contributed by atoms with Crippen LogP contribution in [-0.4, -0.2) is 33.3 Å². The van der Waals surface area contributed by atoms with E-state index in [1.807, 2.05) is 36.7 Å². The number of hydrogen-bond acceptors (Lipinski definition) is 4. The van der Waals surface area contributed by atoms with E-state index in [0.29, 0.717) is 0 Å². The van der Waals surface area contributed by atoms with Crippen LogP contribution in [0, 0.1) is 6.92 Å². The van der Waals surface area contributed by atoms with Crippen LogP contribution in [0.1, 0.15) is 25.1 Å². The second kappa shape index (κ2) is 7.64. The number of hydrogen-bond donors (Lipinski definition) is 2. The van der Waals surface area contributed by atoms with Crippen molar-refractivity contribution in [3.63, 3.8) is 0 Å². The van der Waals surface area contributed by atoms with Gasteiger partial charge < -0.3 is 10.4 Å². The van der Waals surface area contributed by atoms with E-state index < -0.39 is 0 Å². The van der Waals surface area contributed by atoms with Crippen LogP contribution in [0.2, 0.25) is 0 Å². The maximum atomic E-state index is 9.37. The van der Waals surface area contributed by atoms with Gasteiger partial charge in [-0.15, -0.1) is 11.8 Å². The van der Waals surface area contributed by atoms with Gasteiger partial charge in [0.1, 0.15) is 5.03 Å². The van der Waals surface area contributed by atoms with Crippen LogP contribution in [-0.2, 0) is 6.54 Å². The minimum absolute atomic E-state index is 0.143. The number of aliphatic hydroxyl groups is 1. The van der Waals surface area contributed by atoms with Crippen molar-refractivity contribution in [2.24, 2.45) is 0 Å². The number of nitrogens with one attached hydrogen (secondary N) is 1. The fourth-order valence-corrected chi connectivity index (χ4v) is 3.15. The molecule has 0 spiro atoms. The maximum Gasteiger partial charge on any atom is 0.105 e. The second-order valence-electron chi connectivity index (χ2n) is 5.01. The van der Waals surface area contributed by atoms with Crippen molar-refractivity contribution in [2.45, 2.75) is 37.6 Å². The van der Waals surface area contributed by atoms with Gasteiger partial charge in [0.25, 0.3) is 0 Å². The number of rotatable bonds is 7. The van der Waals surface area contributed by atoms with Crippen molar-refractivity contribution in [3.8, 4) is 5.69 Å². The minimum atomic E-state index is 0.143. The Morgan fingerprint density at radius 3 is 2.67 bits per heavy atom. The fraction of sp³-hybridized carbons (Fsp3) is 0.438. The Hall–Kier alpha value is -1.30. The van der Waals surface area contributed by atoms with Gasteiger partial charge in [0.15, 0.2) is 0 Å². The molecule has 21 heavy (non-hydrogen) atoms. The van der Waals surface area contributed by atoms with Crippen molar-refractivity contribution in [3.05, 3.63) is 41.6 Å². The summed E-state index contributed by atoms with van der Waals surface area (Å²) in [6.45, 7) is 8.05. The van der Waals surface area contributed by atoms with E-state index >= 15 is 0 Å². The van der Waals surface area contributed by atoms with Gasteiger partial charge in [-0.3, -0.25) is 0 Å². The summed E-state index contributed by atoms with van der Waals surface area (Å²) in [4.78, 5) is 0. The predicted molar refractivity (Wildman–Crippen MR) is 88.1 cm³/mol. The summed E-state index contributed by atoms with van der Waals surface area (Å²) in [7, 11) is 0. The Balaban J connectivity index is 2.43. The zero-order valence-electron chi connectivity index (χ0n) is 12.8. The number of aliphatic hydroxyl groups excluding tert-OH is 1. The van der Waals surface area contributed by atoms with Gasteiger partial charge in [0, 0.05) is 17.4 Å². The smallest absolute Gasteiger partial charge is 0.105 e. The average Bonchev–Trinajstić information content (AvgIpc) is 2.82. The number of aryl methyl sites for hydroxylation is 1. The molecule has 2 N–H and O–H groups in total. The van der Waals surface area contributed by atoms with Crippen molar-refractivity contribution in [2.75, 3.05) is 13.2 Å². The molecule has 0 aliphatic rings. The van der Waals surface area contributed by atoms with Crippen LogP contribution in [0.15, 0.2) is 35.4 Å². The van der Waals surface area contributed by atoms with Crippen LogP contribution in [0.3, 0.4) is 0 Å². The minimum Gasteiger partial charge on any atom is -0.395 e. The van der Waals surface area contributed by atoms with Gasteiger partial charge in [0.2, 0.25) is 0 Å². The monoisotopic (exact) mass is 305 g/mol. The predicted octanol–water partition coefficient (Wildman–Crippen LogP) is 2.76. The molecular formula is C16H23N3OS. The van der Waals surface area contributed by atoms with Crippen molar-refractivity contribution >= 4 is 11.8 Å². The van der Waals surface area contributed by atoms with Crippen LogP contribution < -0.4 is 5.32 Å². The zero-order valence-corrected chi connectivity index (χ0v) is 13.7. The topological polar surface area (TPSA) is 50.1 Å². The van der Waals surface area contributed by atoms with Gasteiger partial charge in [-0.05, 0) is 25.6 Å². The third kappa shape index (κ3) is 3.87. The van der Waals surface area contributed by atoms with Crippen LogP contribution >= 0.6 is 11.8 Å². The van der Waals surface area contributed by atoms with E-state index in [9.17, 15) is 5.11 Å². The average molecular weight is 305 g/mol. The molecule has 0 amide bonds. The molecule has 1 aromatic heterocycles. The number of benzene rings is 1. The first-order chi connectivity index (χ1) is 10.2. The van der Waals surface area contributed by atoms with E-state index in [0.717, 1.165) is 29.5 Å². The highest BCUT2D eigenvalue weighted by Crippen LogP contribution is 2.31. The molecule has 0 fully saturated rings. The molecule has 0 bridgehead atoms. The first-order valence-corrected chi connectivity index (χ1v) is 8.17. The summed E-state index contributed by atoms with van der Waals surface area (Å²) >= 11 is 1.67. The molecular weight excluding hydrogens is 282 g/mol. The van der Waals surface area contributed by atoms with Crippen molar-refractivity contribution in [1.29, 1.82) is 0 Å². The van der Waals surface area contributed by atoms with Gasteiger partial charge in [-0.2, -0.15) is 5.10 Å². The summed E-state index contributed by atoms with van der Waals surface area (Å²) < 4.78 is 1.98. The van der Waals surface area contributed by atoms with Crippen LogP contribution in [0.5, 0.6) is 0 Å². The Morgan fingerprint density at radius 2 is 2.05 bits per heavy atom. The number of para-hydroxylation sites is 1. The van der Waals surface area contributed by atoms with E-state index in [1.54, 1.807) is 11.8 Å². The lowest BCUT2D eigenvalue weighted by Crippen LogP contribution is -2.14. The van der Waals surface area contributed by atoms with Gasteiger partial charge in [-0.1, -0.05) is 32.0 Å². The molecule has 114 valence electrons. The lowest BCUT2D eigenvalue weighted by Gasteiger charge is -2.13. The highest BCUT2D eigenvalue weighted by atomic mass is 32.2. The molecule has 1 atom stereocenters. The molecule has 0 aliphatic heterocycles. The molecule has 0 aliphatic carbocycles. The summed E-state index contributed by atoms with van der Waals surface area (Å²) in [5.41, 5.74) is 3.30. The van der Waals surface area contributed by atoms with Gasteiger partial charge in [-0.25, -0.2) is 4.68 Å². The largest absolute Gasteiger partial charge is 0.395 e. The first-order valence-electron chi connectivity index (χ1n) is 7.29. The Morgan fingerprint density at radius 1 is 1.33 bits per heavy atom. The molecule has 0 radical (unpaired) electrons. The van der Waals surface area contributed by atoms with Crippen LogP contribution in [0.4, 0.5) is 0 Å². The van der Waals surface area contributed by atoms with Crippen LogP contribution in [0.25, 0.3) is 5.69 Å². The molecule has 2 rings (SSSR count). The zero-order chi connectivity index (χ0) is 15.2. The Kier molecular flexibility index (Phi) is 5.85. The van der Waals surface area contributed by atoms with E-state index in [4.69, 9.17) is 5.10 Å². The third-order valence-electron chi connectivity index (χ3n) is 3.26. The van der Waals surface area contributed by atoms with E-state index in [2.05, 4.69) is 24.4 Å². The number of aromatic nitrogens is 2.